The molecule has 94 valence electrons. The Morgan fingerprint density at radius 2 is 1.88 bits per heavy atom. The van der Waals surface area contributed by atoms with Crippen molar-refractivity contribution in [2.24, 2.45) is 11.7 Å². The van der Waals surface area contributed by atoms with Crippen molar-refractivity contribution in [3.8, 4) is 0 Å². The van der Waals surface area contributed by atoms with Crippen molar-refractivity contribution in [1.82, 2.24) is 0 Å². The lowest BCUT2D eigenvalue weighted by molar-refractivity contribution is -0.137. The van der Waals surface area contributed by atoms with E-state index in [4.69, 9.17) is 5.73 Å². The Bertz CT molecular complexity index is 368. The molecule has 0 spiro atoms. The molecular weight excluding hydrogens is 247 g/mol. The monoisotopic (exact) mass is 261 g/mol. The molecule has 0 aromatic heterocycles. The lowest BCUT2D eigenvalue weighted by atomic mass is 9.93. The lowest BCUT2D eigenvalue weighted by Crippen LogP contribution is -2.21. The van der Waals surface area contributed by atoms with Gasteiger partial charge in [-0.25, -0.2) is 0 Å². The molecule has 2 N–H and O–H groups in total. The Labute approximate surface area is 103 Å². The van der Waals surface area contributed by atoms with Gasteiger partial charge in [0.25, 0.3) is 0 Å². The standard InChI is InChI=1S/C12H14F3NS/c13-12(14,15)10-3-1-8(2-4-10)11(16)9-5-6-17-7-9/h1-4,9,11H,5-7,16H2. The van der Waals surface area contributed by atoms with Crippen LogP contribution in [-0.2, 0) is 6.18 Å². The largest absolute Gasteiger partial charge is 0.416 e. The molecule has 1 saturated heterocycles. The van der Waals surface area contributed by atoms with Crippen LogP contribution in [-0.4, -0.2) is 11.5 Å². The van der Waals surface area contributed by atoms with Crippen molar-refractivity contribution in [3.63, 3.8) is 0 Å². The van der Waals surface area contributed by atoms with Crippen molar-refractivity contribution in [2.45, 2.75) is 18.6 Å². The van der Waals surface area contributed by atoms with Gasteiger partial charge in [-0.2, -0.15) is 24.9 Å². The smallest absolute Gasteiger partial charge is 0.324 e. The van der Waals surface area contributed by atoms with Crippen LogP contribution in [0.1, 0.15) is 23.6 Å². The highest BCUT2D eigenvalue weighted by atomic mass is 32.2. The Hall–Kier alpha value is -0.680. The summed E-state index contributed by atoms with van der Waals surface area (Å²) >= 11 is 1.85. The van der Waals surface area contributed by atoms with E-state index in [-0.39, 0.29) is 6.04 Å². The fourth-order valence-electron chi connectivity index (χ4n) is 2.00. The third kappa shape index (κ3) is 2.96. The van der Waals surface area contributed by atoms with Crippen LogP contribution >= 0.6 is 11.8 Å². The maximum atomic E-state index is 12.4. The number of halogens is 3. The number of alkyl halides is 3. The minimum atomic E-state index is -4.27. The number of hydrogen-bond acceptors (Lipinski definition) is 2. The molecule has 5 heteroatoms. The van der Waals surface area contributed by atoms with Crippen molar-refractivity contribution in [1.29, 1.82) is 0 Å². The van der Waals surface area contributed by atoms with Crippen LogP contribution in [0.5, 0.6) is 0 Å². The second-order valence-electron chi connectivity index (χ2n) is 4.27. The maximum Gasteiger partial charge on any atom is 0.416 e. The zero-order valence-corrected chi connectivity index (χ0v) is 10.0. The molecule has 2 unspecified atom stereocenters. The van der Waals surface area contributed by atoms with E-state index in [0.717, 1.165) is 35.6 Å². The molecular formula is C12H14F3NS. The van der Waals surface area contributed by atoms with Crippen molar-refractivity contribution in [3.05, 3.63) is 35.4 Å². The van der Waals surface area contributed by atoms with Crippen molar-refractivity contribution < 1.29 is 13.2 Å². The predicted octanol–water partition coefficient (Wildman–Crippen LogP) is 3.46. The molecule has 2 atom stereocenters. The normalized spacial score (nSPS) is 22.7. The van der Waals surface area contributed by atoms with Gasteiger partial charge in [-0.05, 0) is 41.5 Å². The van der Waals surface area contributed by atoms with E-state index in [1.54, 1.807) is 0 Å². The number of benzene rings is 1. The molecule has 1 aliphatic rings. The molecule has 1 nitrogen and oxygen atoms in total. The lowest BCUT2D eigenvalue weighted by Gasteiger charge is -2.19. The molecule has 0 radical (unpaired) electrons. The first-order valence-electron chi connectivity index (χ1n) is 5.49. The molecule has 0 saturated carbocycles. The van der Waals surface area contributed by atoms with E-state index >= 15 is 0 Å². The molecule has 1 aliphatic heterocycles. The van der Waals surface area contributed by atoms with Crippen molar-refractivity contribution in [2.75, 3.05) is 11.5 Å². The summed E-state index contributed by atoms with van der Waals surface area (Å²) in [5.41, 5.74) is 6.25. The summed E-state index contributed by atoms with van der Waals surface area (Å²) in [4.78, 5) is 0. The molecule has 0 amide bonds. The molecule has 1 aromatic carbocycles. The van der Waals surface area contributed by atoms with E-state index in [1.807, 2.05) is 11.8 Å². The maximum absolute atomic E-state index is 12.4. The van der Waals surface area contributed by atoms with Gasteiger partial charge < -0.3 is 5.73 Å². The minimum Gasteiger partial charge on any atom is -0.324 e. The van der Waals surface area contributed by atoms with Crippen LogP contribution in [0.15, 0.2) is 24.3 Å². The second-order valence-corrected chi connectivity index (χ2v) is 5.42. The zero-order chi connectivity index (χ0) is 12.5. The summed E-state index contributed by atoms with van der Waals surface area (Å²) in [6.45, 7) is 0. The highest BCUT2D eigenvalue weighted by Crippen LogP contribution is 2.34. The van der Waals surface area contributed by atoms with Crippen LogP contribution < -0.4 is 5.73 Å². The number of nitrogens with two attached hydrogens (primary N) is 1. The summed E-state index contributed by atoms with van der Waals surface area (Å²) in [6, 6.07) is 5.06. The zero-order valence-electron chi connectivity index (χ0n) is 9.20. The molecule has 17 heavy (non-hydrogen) atoms. The van der Waals surface area contributed by atoms with E-state index in [2.05, 4.69) is 0 Å². The molecule has 1 heterocycles. The molecule has 2 rings (SSSR count). The van der Waals surface area contributed by atoms with Gasteiger partial charge in [0, 0.05) is 6.04 Å². The third-order valence-corrected chi connectivity index (χ3v) is 4.28. The van der Waals surface area contributed by atoms with Crippen LogP contribution in [0, 0.1) is 5.92 Å². The summed E-state index contributed by atoms with van der Waals surface area (Å²) in [7, 11) is 0. The number of rotatable bonds is 2. The molecule has 1 fully saturated rings. The van der Waals surface area contributed by atoms with Gasteiger partial charge in [-0.15, -0.1) is 0 Å². The van der Waals surface area contributed by atoms with Crippen LogP contribution in [0.3, 0.4) is 0 Å². The highest BCUT2D eigenvalue weighted by molar-refractivity contribution is 7.99. The topological polar surface area (TPSA) is 26.0 Å². The van der Waals surface area contributed by atoms with Gasteiger partial charge in [0.1, 0.15) is 0 Å². The average molecular weight is 261 g/mol. The first-order valence-corrected chi connectivity index (χ1v) is 6.64. The van der Waals surface area contributed by atoms with Gasteiger partial charge in [-0.3, -0.25) is 0 Å². The second kappa shape index (κ2) is 4.90. The van der Waals surface area contributed by atoms with Crippen LogP contribution in [0.25, 0.3) is 0 Å². The van der Waals surface area contributed by atoms with Gasteiger partial charge in [-0.1, -0.05) is 12.1 Å². The Morgan fingerprint density at radius 1 is 1.24 bits per heavy atom. The number of hydrogen-bond donors (Lipinski definition) is 1. The van der Waals surface area contributed by atoms with Crippen LogP contribution in [0.2, 0.25) is 0 Å². The molecule has 1 aromatic rings. The van der Waals surface area contributed by atoms with Crippen molar-refractivity contribution >= 4 is 11.8 Å². The van der Waals surface area contributed by atoms with E-state index in [0.29, 0.717) is 5.92 Å². The van der Waals surface area contributed by atoms with Gasteiger partial charge in [0.2, 0.25) is 0 Å². The Morgan fingerprint density at radius 3 is 2.35 bits per heavy atom. The summed E-state index contributed by atoms with van der Waals surface area (Å²) in [5, 5.41) is 0. The first kappa shape index (κ1) is 12.8. The third-order valence-electron chi connectivity index (χ3n) is 3.10. The molecule has 0 aliphatic carbocycles. The predicted molar refractivity (Wildman–Crippen MR) is 63.8 cm³/mol. The van der Waals surface area contributed by atoms with E-state index in [9.17, 15) is 13.2 Å². The Kier molecular flexibility index (Phi) is 3.68. The number of thioether (sulfide) groups is 1. The fourth-order valence-corrected chi connectivity index (χ4v) is 3.32. The fraction of sp³-hybridized carbons (Fsp3) is 0.500. The van der Waals surface area contributed by atoms with E-state index in [1.165, 1.54) is 12.1 Å². The quantitative estimate of drug-likeness (QED) is 0.882. The average Bonchev–Trinajstić information content (AvgIpc) is 2.80. The van der Waals surface area contributed by atoms with Crippen LogP contribution in [0.4, 0.5) is 13.2 Å². The first-order chi connectivity index (χ1) is 7.98. The van der Waals surface area contributed by atoms with Gasteiger partial charge >= 0.3 is 6.18 Å². The Balaban J connectivity index is 2.12. The van der Waals surface area contributed by atoms with Gasteiger partial charge in [0.05, 0.1) is 5.56 Å². The van der Waals surface area contributed by atoms with E-state index < -0.39 is 11.7 Å². The minimum absolute atomic E-state index is 0.146. The SMILES string of the molecule is NC(c1ccc(C(F)(F)F)cc1)C1CCSC1. The summed E-state index contributed by atoms with van der Waals surface area (Å²) in [5.74, 6) is 2.48. The summed E-state index contributed by atoms with van der Waals surface area (Å²) < 4.78 is 37.2. The van der Waals surface area contributed by atoms with Gasteiger partial charge in [0.15, 0.2) is 0 Å². The summed E-state index contributed by atoms with van der Waals surface area (Å²) in [6.07, 6.45) is -3.22. The highest BCUT2D eigenvalue weighted by Gasteiger charge is 2.30. The molecule has 0 bridgehead atoms.